The number of amides is 4. The SMILES string of the molecule is CCCCN1C(=O)N[C@H](c2cccc(NC(=O)Nc3cccc(C)c3)c2)C(C(=O)OCC)=C1c1ccccc1. The lowest BCUT2D eigenvalue weighted by atomic mass is 9.91. The second kappa shape index (κ2) is 12.8. The number of aryl methyl sites for hydroxylation is 1. The number of benzene rings is 3. The van der Waals surface area contributed by atoms with Crippen LogP contribution in [0.4, 0.5) is 21.0 Å². The van der Waals surface area contributed by atoms with E-state index in [0.717, 1.165) is 24.0 Å². The van der Waals surface area contributed by atoms with E-state index < -0.39 is 18.0 Å². The predicted octanol–water partition coefficient (Wildman–Crippen LogP) is 6.48. The molecule has 202 valence electrons. The molecular weight excluding hydrogens is 492 g/mol. The Labute approximate surface area is 229 Å². The summed E-state index contributed by atoms with van der Waals surface area (Å²) in [6.07, 6.45) is 1.67. The number of carbonyl (C=O) groups excluding carboxylic acids is 3. The van der Waals surface area contributed by atoms with Gasteiger partial charge in [0.15, 0.2) is 0 Å². The molecule has 0 aliphatic carbocycles. The maximum absolute atomic E-state index is 13.4. The van der Waals surface area contributed by atoms with Crippen molar-refractivity contribution in [3.05, 3.63) is 101 Å². The van der Waals surface area contributed by atoms with E-state index in [1.54, 1.807) is 30.0 Å². The Kier molecular flexibility index (Phi) is 8.99. The van der Waals surface area contributed by atoms with Crippen LogP contribution in [0, 0.1) is 6.92 Å². The lowest BCUT2D eigenvalue weighted by molar-refractivity contribution is -0.138. The zero-order valence-corrected chi connectivity index (χ0v) is 22.5. The molecule has 0 bridgehead atoms. The molecular formula is C31H34N4O4. The fraction of sp³-hybridized carbons (Fsp3) is 0.258. The van der Waals surface area contributed by atoms with Crippen LogP contribution in [-0.4, -0.2) is 36.1 Å². The summed E-state index contributed by atoms with van der Waals surface area (Å²) in [6, 6.07) is 22.6. The molecule has 0 radical (unpaired) electrons. The maximum atomic E-state index is 13.4. The molecule has 8 nitrogen and oxygen atoms in total. The van der Waals surface area contributed by atoms with Gasteiger partial charge in [-0.15, -0.1) is 0 Å². The van der Waals surface area contributed by atoms with Crippen LogP contribution in [0.1, 0.15) is 49.4 Å². The van der Waals surface area contributed by atoms with Crippen LogP contribution in [0.5, 0.6) is 0 Å². The number of nitrogens with one attached hydrogen (secondary N) is 3. The quantitative estimate of drug-likeness (QED) is 0.278. The van der Waals surface area contributed by atoms with Crippen molar-refractivity contribution >= 4 is 35.1 Å². The van der Waals surface area contributed by atoms with Crippen LogP contribution in [0.3, 0.4) is 0 Å². The van der Waals surface area contributed by atoms with E-state index in [4.69, 9.17) is 4.74 Å². The first-order chi connectivity index (χ1) is 18.9. The largest absolute Gasteiger partial charge is 0.463 e. The number of urea groups is 2. The second-order valence-electron chi connectivity index (χ2n) is 9.31. The van der Waals surface area contributed by atoms with Gasteiger partial charge in [0.1, 0.15) is 0 Å². The van der Waals surface area contributed by atoms with E-state index in [-0.39, 0.29) is 12.6 Å². The van der Waals surface area contributed by atoms with Gasteiger partial charge < -0.3 is 20.7 Å². The highest BCUT2D eigenvalue weighted by molar-refractivity contribution is 6.05. The molecule has 1 aliphatic heterocycles. The van der Waals surface area contributed by atoms with Crippen molar-refractivity contribution in [2.75, 3.05) is 23.8 Å². The van der Waals surface area contributed by atoms with E-state index in [1.807, 2.05) is 67.6 Å². The Balaban J connectivity index is 1.72. The average molecular weight is 527 g/mol. The fourth-order valence-corrected chi connectivity index (χ4v) is 4.58. The van der Waals surface area contributed by atoms with Crippen LogP contribution in [0.2, 0.25) is 0 Å². The molecule has 3 N–H and O–H groups in total. The molecule has 8 heteroatoms. The lowest BCUT2D eigenvalue weighted by Crippen LogP contribution is -2.48. The van der Waals surface area contributed by atoms with E-state index in [1.165, 1.54) is 0 Å². The fourth-order valence-electron chi connectivity index (χ4n) is 4.58. The number of hydrogen-bond acceptors (Lipinski definition) is 4. The van der Waals surface area contributed by atoms with E-state index in [2.05, 4.69) is 22.9 Å². The molecule has 1 heterocycles. The van der Waals surface area contributed by atoms with Crippen LogP contribution < -0.4 is 16.0 Å². The predicted molar refractivity (Wildman–Crippen MR) is 153 cm³/mol. The maximum Gasteiger partial charge on any atom is 0.338 e. The van der Waals surface area contributed by atoms with Crippen LogP contribution in [0.25, 0.3) is 5.70 Å². The molecule has 3 aromatic rings. The minimum Gasteiger partial charge on any atom is -0.463 e. The van der Waals surface area contributed by atoms with Gasteiger partial charge >= 0.3 is 18.0 Å². The molecule has 1 atom stereocenters. The highest BCUT2D eigenvalue weighted by atomic mass is 16.5. The average Bonchev–Trinajstić information content (AvgIpc) is 2.92. The Morgan fingerprint density at radius 1 is 0.923 bits per heavy atom. The van der Waals surface area contributed by atoms with Crippen molar-refractivity contribution in [3.63, 3.8) is 0 Å². The summed E-state index contributed by atoms with van der Waals surface area (Å²) in [5.41, 5.74) is 4.50. The third-order valence-electron chi connectivity index (χ3n) is 6.36. The molecule has 4 rings (SSSR count). The van der Waals surface area contributed by atoms with Gasteiger partial charge in [-0.2, -0.15) is 0 Å². The van der Waals surface area contributed by atoms with Crippen molar-refractivity contribution < 1.29 is 19.1 Å². The van der Waals surface area contributed by atoms with Gasteiger partial charge in [-0.3, -0.25) is 4.90 Å². The number of anilines is 2. The molecule has 0 aromatic heterocycles. The van der Waals surface area contributed by atoms with Gasteiger partial charge in [-0.25, -0.2) is 14.4 Å². The molecule has 0 saturated carbocycles. The summed E-state index contributed by atoms with van der Waals surface area (Å²) in [7, 11) is 0. The van der Waals surface area contributed by atoms with Crippen molar-refractivity contribution in [1.82, 2.24) is 10.2 Å². The Hall–Kier alpha value is -4.59. The Morgan fingerprint density at radius 3 is 2.28 bits per heavy atom. The summed E-state index contributed by atoms with van der Waals surface area (Å²) >= 11 is 0. The molecule has 4 amide bonds. The summed E-state index contributed by atoms with van der Waals surface area (Å²) in [4.78, 5) is 41.2. The molecule has 0 unspecified atom stereocenters. The van der Waals surface area contributed by atoms with Crippen molar-refractivity contribution in [1.29, 1.82) is 0 Å². The highest BCUT2D eigenvalue weighted by Crippen LogP contribution is 2.37. The first kappa shape index (κ1) is 27.4. The van der Waals surface area contributed by atoms with Crippen molar-refractivity contribution in [2.45, 2.75) is 39.7 Å². The molecule has 3 aromatic carbocycles. The molecule has 0 spiro atoms. The lowest BCUT2D eigenvalue weighted by Gasteiger charge is -2.37. The second-order valence-corrected chi connectivity index (χ2v) is 9.31. The third-order valence-corrected chi connectivity index (χ3v) is 6.36. The van der Waals surface area contributed by atoms with Gasteiger partial charge in [0, 0.05) is 17.9 Å². The summed E-state index contributed by atoms with van der Waals surface area (Å²) in [5.74, 6) is -0.501. The van der Waals surface area contributed by atoms with Gasteiger partial charge in [-0.05, 0) is 61.2 Å². The monoisotopic (exact) mass is 526 g/mol. The van der Waals surface area contributed by atoms with Gasteiger partial charge in [0.2, 0.25) is 0 Å². The third kappa shape index (κ3) is 6.65. The van der Waals surface area contributed by atoms with Crippen LogP contribution in [0.15, 0.2) is 84.4 Å². The minimum absolute atomic E-state index is 0.195. The number of hydrogen-bond donors (Lipinski definition) is 3. The standard InChI is InChI=1S/C31H34N4O4/c1-4-6-18-35-28(22-13-8-7-9-14-22)26(29(36)39-5-2)27(34-31(35)38)23-15-11-17-25(20-23)33-30(37)32-24-16-10-12-21(3)19-24/h7-17,19-20,27H,4-6,18H2,1-3H3,(H,34,38)(H2,32,33,37)/t27-/m1/s1. The van der Waals surface area contributed by atoms with Crippen molar-refractivity contribution in [3.8, 4) is 0 Å². The van der Waals surface area contributed by atoms with Crippen LogP contribution in [-0.2, 0) is 9.53 Å². The van der Waals surface area contributed by atoms with E-state index >= 15 is 0 Å². The zero-order valence-electron chi connectivity index (χ0n) is 22.5. The van der Waals surface area contributed by atoms with E-state index in [9.17, 15) is 14.4 Å². The number of nitrogens with zero attached hydrogens (tertiary/aromatic N) is 1. The normalized spacial score (nSPS) is 15.0. The van der Waals surface area contributed by atoms with Crippen LogP contribution >= 0.6 is 0 Å². The molecule has 0 fully saturated rings. The number of ether oxygens (including phenoxy) is 1. The molecule has 39 heavy (non-hydrogen) atoms. The van der Waals surface area contributed by atoms with Gasteiger partial charge in [0.25, 0.3) is 0 Å². The summed E-state index contributed by atoms with van der Waals surface area (Å²) < 4.78 is 5.49. The molecule has 1 aliphatic rings. The smallest absolute Gasteiger partial charge is 0.338 e. The number of carbonyl (C=O) groups is 3. The summed E-state index contributed by atoms with van der Waals surface area (Å²) in [5, 5.41) is 8.68. The Morgan fingerprint density at radius 2 is 1.62 bits per heavy atom. The van der Waals surface area contributed by atoms with Gasteiger partial charge in [-0.1, -0.05) is 67.9 Å². The topological polar surface area (TPSA) is 99.8 Å². The number of unbranched alkanes of at least 4 members (excludes halogenated alkanes) is 1. The first-order valence-electron chi connectivity index (χ1n) is 13.2. The molecule has 0 saturated heterocycles. The minimum atomic E-state index is -0.772. The number of esters is 1. The van der Waals surface area contributed by atoms with Crippen molar-refractivity contribution in [2.24, 2.45) is 0 Å². The summed E-state index contributed by atoms with van der Waals surface area (Å²) in [6.45, 7) is 6.41. The number of rotatable bonds is 9. The Bertz CT molecular complexity index is 1370. The van der Waals surface area contributed by atoms with Gasteiger partial charge in [0.05, 0.1) is 23.9 Å². The highest BCUT2D eigenvalue weighted by Gasteiger charge is 2.38. The van der Waals surface area contributed by atoms with E-state index in [0.29, 0.717) is 34.8 Å². The zero-order chi connectivity index (χ0) is 27.8. The first-order valence-corrected chi connectivity index (χ1v) is 13.2.